The molecular formula is C13H21N3O3. The van der Waals surface area contributed by atoms with E-state index < -0.39 is 5.97 Å². The molecule has 6 heteroatoms. The molecule has 1 atom stereocenters. The fraction of sp³-hybridized carbons (Fsp3) is 0.615. The maximum absolute atomic E-state index is 11.2. The summed E-state index contributed by atoms with van der Waals surface area (Å²) >= 11 is 0. The Labute approximate surface area is 113 Å². The highest BCUT2D eigenvalue weighted by Crippen LogP contribution is 2.16. The lowest BCUT2D eigenvalue weighted by Crippen LogP contribution is -2.21. The van der Waals surface area contributed by atoms with Crippen LogP contribution >= 0.6 is 0 Å². The zero-order valence-corrected chi connectivity index (χ0v) is 11.8. The van der Waals surface area contributed by atoms with Crippen LogP contribution in [0.3, 0.4) is 0 Å². The average molecular weight is 267 g/mol. The van der Waals surface area contributed by atoms with E-state index in [0.717, 1.165) is 0 Å². The molecule has 19 heavy (non-hydrogen) atoms. The molecule has 0 saturated carbocycles. The van der Waals surface area contributed by atoms with Crippen LogP contribution in [0.2, 0.25) is 0 Å². The second kappa shape index (κ2) is 7.04. The summed E-state index contributed by atoms with van der Waals surface area (Å²) in [5.41, 5.74) is 0.422. The number of carboxylic acid groups (broad SMARTS) is 1. The summed E-state index contributed by atoms with van der Waals surface area (Å²) in [6.45, 7) is 8.81. The van der Waals surface area contributed by atoms with E-state index >= 15 is 0 Å². The van der Waals surface area contributed by atoms with Gasteiger partial charge in [0.2, 0.25) is 0 Å². The molecule has 0 bridgehead atoms. The van der Waals surface area contributed by atoms with Gasteiger partial charge < -0.3 is 15.2 Å². The average Bonchev–Trinajstić information content (AvgIpc) is 2.36. The Kier molecular flexibility index (Phi) is 5.69. The largest absolute Gasteiger partial charge is 0.476 e. The highest BCUT2D eigenvalue weighted by Gasteiger charge is 2.16. The number of aromatic carboxylic acids is 1. The summed E-state index contributed by atoms with van der Waals surface area (Å²) in [6, 6.07) is 0. The predicted octanol–water partition coefficient (Wildman–Crippen LogP) is 2.14. The zero-order valence-electron chi connectivity index (χ0n) is 11.8. The standard InChI is InChI=1S/C13H21N3O3/c1-5-19-9(4)6-14-10-7-15-12(8(2)3)16-11(10)13(17)18/h7-9,14H,5-6H2,1-4H3,(H,17,18). The Morgan fingerprint density at radius 1 is 1.47 bits per heavy atom. The third-order valence-corrected chi connectivity index (χ3v) is 2.56. The van der Waals surface area contributed by atoms with Crippen molar-refractivity contribution in [3.05, 3.63) is 17.7 Å². The lowest BCUT2D eigenvalue weighted by molar-refractivity contribution is 0.0689. The van der Waals surface area contributed by atoms with Gasteiger partial charge in [-0.25, -0.2) is 14.8 Å². The van der Waals surface area contributed by atoms with Gasteiger partial charge in [0, 0.05) is 19.1 Å². The third-order valence-electron chi connectivity index (χ3n) is 2.56. The molecule has 0 amide bonds. The molecule has 106 valence electrons. The normalized spacial score (nSPS) is 12.5. The molecular weight excluding hydrogens is 246 g/mol. The Morgan fingerprint density at radius 3 is 2.68 bits per heavy atom. The molecule has 1 unspecified atom stereocenters. The van der Waals surface area contributed by atoms with Crippen molar-refractivity contribution in [2.75, 3.05) is 18.5 Å². The number of carboxylic acids is 1. The molecule has 0 spiro atoms. The van der Waals surface area contributed by atoms with E-state index in [4.69, 9.17) is 4.74 Å². The number of hydrogen-bond donors (Lipinski definition) is 2. The molecule has 6 nitrogen and oxygen atoms in total. The topological polar surface area (TPSA) is 84.3 Å². The minimum absolute atomic E-state index is 0.00222. The minimum atomic E-state index is -1.06. The van der Waals surface area contributed by atoms with E-state index in [1.165, 1.54) is 6.20 Å². The van der Waals surface area contributed by atoms with E-state index in [2.05, 4.69) is 15.3 Å². The van der Waals surface area contributed by atoms with Gasteiger partial charge in [0.05, 0.1) is 18.0 Å². The first-order valence-corrected chi connectivity index (χ1v) is 6.41. The van der Waals surface area contributed by atoms with Gasteiger partial charge in [-0.3, -0.25) is 0 Å². The van der Waals surface area contributed by atoms with Crippen molar-refractivity contribution in [1.82, 2.24) is 9.97 Å². The van der Waals surface area contributed by atoms with E-state index in [9.17, 15) is 9.90 Å². The summed E-state index contributed by atoms with van der Waals surface area (Å²) in [5, 5.41) is 12.2. The molecule has 1 rings (SSSR count). The number of carbonyl (C=O) groups is 1. The molecule has 0 fully saturated rings. The number of rotatable bonds is 7. The van der Waals surface area contributed by atoms with Crippen LogP contribution in [0.1, 0.15) is 49.9 Å². The lowest BCUT2D eigenvalue weighted by Gasteiger charge is -2.15. The first-order chi connectivity index (χ1) is 8.95. The second-order valence-electron chi connectivity index (χ2n) is 4.60. The van der Waals surface area contributed by atoms with Gasteiger partial charge in [-0.15, -0.1) is 0 Å². The first-order valence-electron chi connectivity index (χ1n) is 6.41. The molecule has 0 saturated heterocycles. The van der Waals surface area contributed by atoms with Crippen molar-refractivity contribution >= 4 is 11.7 Å². The molecule has 0 aliphatic carbocycles. The van der Waals surface area contributed by atoms with Crippen LogP contribution in [0.25, 0.3) is 0 Å². The number of nitrogens with one attached hydrogen (secondary N) is 1. The highest BCUT2D eigenvalue weighted by molar-refractivity contribution is 5.91. The SMILES string of the molecule is CCOC(C)CNc1cnc(C(C)C)nc1C(=O)O. The molecule has 1 heterocycles. The molecule has 0 radical (unpaired) electrons. The van der Waals surface area contributed by atoms with Gasteiger partial charge in [0.15, 0.2) is 5.69 Å². The molecule has 0 aromatic carbocycles. The monoisotopic (exact) mass is 267 g/mol. The van der Waals surface area contributed by atoms with Crippen LogP contribution in [0.5, 0.6) is 0 Å². The zero-order chi connectivity index (χ0) is 14.4. The molecule has 2 N–H and O–H groups in total. The van der Waals surface area contributed by atoms with Crippen LogP contribution in [0, 0.1) is 0 Å². The Morgan fingerprint density at radius 2 is 2.16 bits per heavy atom. The van der Waals surface area contributed by atoms with Gasteiger partial charge in [0.25, 0.3) is 0 Å². The first kappa shape index (κ1) is 15.4. The van der Waals surface area contributed by atoms with Gasteiger partial charge in [-0.2, -0.15) is 0 Å². The fourth-order valence-electron chi connectivity index (χ4n) is 1.56. The van der Waals surface area contributed by atoms with Crippen molar-refractivity contribution in [3.63, 3.8) is 0 Å². The summed E-state index contributed by atoms with van der Waals surface area (Å²) < 4.78 is 5.38. The van der Waals surface area contributed by atoms with Crippen molar-refractivity contribution in [2.45, 2.75) is 39.7 Å². The van der Waals surface area contributed by atoms with Crippen LogP contribution in [-0.2, 0) is 4.74 Å². The molecule has 0 aliphatic rings. The lowest BCUT2D eigenvalue weighted by atomic mass is 10.2. The highest BCUT2D eigenvalue weighted by atomic mass is 16.5. The Bertz CT molecular complexity index is 435. The van der Waals surface area contributed by atoms with Gasteiger partial charge in [-0.1, -0.05) is 13.8 Å². The summed E-state index contributed by atoms with van der Waals surface area (Å²) in [5.74, 6) is -0.439. The fourth-order valence-corrected chi connectivity index (χ4v) is 1.56. The van der Waals surface area contributed by atoms with Crippen molar-refractivity contribution in [2.24, 2.45) is 0 Å². The summed E-state index contributed by atoms with van der Waals surface area (Å²) in [4.78, 5) is 19.5. The van der Waals surface area contributed by atoms with Crippen LogP contribution in [-0.4, -0.2) is 40.3 Å². The minimum Gasteiger partial charge on any atom is -0.476 e. The van der Waals surface area contributed by atoms with E-state index in [1.807, 2.05) is 27.7 Å². The second-order valence-corrected chi connectivity index (χ2v) is 4.60. The third kappa shape index (κ3) is 4.48. The van der Waals surface area contributed by atoms with Crippen LogP contribution in [0.4, 0.5) is 5.69 Å². The quantitative estimate of drug-likeness (QED) is 0.787. The number of anilines is 1. The van der Waals surface area contributed by atoms with Gasteiger partial charge in [0.1, 0.15) is 5.82 Å². The van der Waals surface area contributed by atoms with E-state index in [-0.39, 0.29) is 17.7 Å². The van der Waals surface area contributed by atoms with Crippen molar-refractivity contribution < 1.29 is 14.6 Å². The molecule has 1 aromatic rings. The van der Waals surface area contributed by atoms with Crippen LogP contribution < -0.4 is 5.32 Å². The van der Waals surface area contributed by atoms with Crippen molar-refractivity contribution in [3.8, 4) is 0 Å². The van der Waals surface area contributed by atoms with E-state index in [0.29, 0.717) is 24.7 Å². The summed E-state index contributed by atoms with van der Waals surface area (Å²) in [7, 11) is 0. The molecule has 1 aromatic heterocycles. The summed E-state index contributed by atoms with van der Waals surface area (Å²) in [6.07, 6.45) is 1.51. The molecule has 0 aliphatic heterocycles. The Balaban J connectivity index is 2.85. The number of hydrogen-bond acceptors (Lipinski definition) is 5. The Hall–Kier alpha value is -1.69. The maximum Gasteiger partial charge on any atom is 0.356 e. The van der Waals surface area contributed by atoms with Crippen molar-refractivity contribution in [1.29, 1.82) is 0 Å². The maximum atomic E-state index is 11.2. The number of aromatic nitrogens is 2. The van der Waals surface area contributed by atoms with E-state index in [1.54, 1.807) is 0 Å². The predicted molar refractivity (Wildman–Crippen MR) is 72.7 cm³/mol. The number of nitrogens with zero attached hydrogens (tertiary/aromatic N) is 2. The smallest absolute Gasteiger partial charge is 0.356 e. The van der Waals surface area contributed by atoms with Crippen LogP contribution in [0.15, 0.2) is 6.20 Å². The van der Waals surface area contributed by atoms with Gasteiger partial charge >= 0.3 is 5.97 Å². The number of ether oxygens (including phenoxy) is 1. The van der Waals surface area contributed by atoms with Gasteiger partial charge in [-0.05, 0) is 13.8 Å².